The van der Waals surface area contributed by atoms with Crippen LogP contribution >= 0.6 is 0 Å². The molecule has 0 spiro atoms. The first-order valence-corrected chi connectivity index (χ1v) is 9.84. The van der Waals surface area contributed by atoms with Crippen LogP contribution < -0.4 is 0 Å². The molecule has 1 aromatic carbocycles. The zero-order chi connectivity index (χ0) is 21.6. The average Bonchev–Trinajstić information content (AvgIpc) is 2.93. The molecule has 2 heterocycles. The number of aryl methyl sites for hydroxylation is 1. The number of carbonyl (C=O) groups is 2. The lowest BCUT2D eigenvalue weighted by molar-refractivity contribution is -0.122. The topological polar surface area (TPSA) is 76.1 Å². The van der Waals surface area contributed by atoms with E-state index in [9.17, 15) is 9.59 Å². The summed E-state index contributed by atoms with van der Waals surface area (Å²) in [5, 5.41) is 0. The minimum absolute atomic E-state index is 0.103. The van der Waals surface area contributed by atoms with E-state index in [1.165, 1.54) is 11.1 Å². The van der Waals surface area contributed by atoms with Gasteiger partial charge in [0.2, 0.25) is 0 Å². The quantitative estimate of drug-likeness (QED) is 0.672. The van der Waals surface area contributed by atoms with Gasteiger partial charge in [0.25, 0.3) is 5.91 Å². The molecule has 1 amide bonds. The highest BCUT2D eigenvalue weighted by atomic mass is 16.2. The first kappa shape index (κ1) is 19.9. The Hall–Kier alpha value is -3.41. The molecule has 0 aliphatic heterocycles. The summed E-state index contributed by atoms with van der Waals surface area (Å²) in [6, 6.07) is 7.85. The molecule has 2 aromatic heterocycles. The second-order valence-corrected chi connectivity index (χ2v) is 8.45. The lowest BCUT2D eigenvalue weighted by Gasteiger charge is -2.18. The summed E-state index contributed by atoms with van der Waals surface area (Å²) >= 11 is 0. The molecule has 3 aromatic rings. The molecule has 0 saturated heterocycles. The van der Waals surface area contributed by atoms with Crippen molar-refractivity contribution in [2.24, 2.45) is 0 Å². The van der Waals surface area contributed by atoms with Crippen LogP contribution in [0.3, 0.4) is 0 Å². The van der Waals surface area contributed by atoms with Crippen LogP contribution in [0.1, 0.15) is 52.6 Å². The molecular weight excluding hydrogens is 376 g/mol. The number of ketones is 1. The lowest BCUT2D eigenvalue weighted by Crippen LogP contribution is -2.26. The van der Waals surface area contributed by atoms with E-state index in [4.69, 9.17) is 0 Å². The first-order valence-electron chi connectivity index (χ1n) is 9.84. The highest BCUT2D eigenvalue weighted by molar-refractivity contribution is 6.03. The molecule has 1 aliphatic carbocycles. The maximum Gasteiger partial charge on any atom is 0.254 e. The summed E-state index contributed by atoms with van der Waals surface area (Å²) in [6.45, 7) is 5.74. The molecule has 0 bridgehead atoms. The van der Waals surface area contributed by atoms with Gasteiger partial charge in [-0.2, -0.15) is 0 Å². The summed E-state index contributed by atoms with van der Waals surface area (Å²) in [5.41, 5.74) is 4.38. The Morgan fingerprint density at radius 1 is 1.00 bits per heavy atom. The van der Waals surface area contributed by atoms with Crippen molar-refractivity contribution in [2.45, 2.75) is 32.1 Å². The fraction of sp³-hybridized carbons (Fsp3) is 0.292. The van der Waals surface area contributed by atoms with Gasteiger partial charge in [0.15, 0.2) is 5.78 Å². The third-order valence-electron chi connectivity index (χ3n) is 5.77. The minimum atomic E-state index is -0.621. The number of nitrogens with zero attached hydrogens (tertiary/aromatic N) is 4. The Balaban J connectivity index is 1.84. The molecule has 6 nitrogen and oxygen atoms in total. The zero-order valence-corrected chi connectivity index (χ0v) is 17.8. The third kappa shape index (κ3) is 3.18. The second-order valence-electron chi connectivity index (χ2n) is 8.45. The molecule has 4 rings (SSSR count). The fourth-order valence-electron chi connectivity index (χ4n) is 4.05. The molecule has 0 radical (unpaired) electrons. The SMILES string of the molecule is Cc1ncc(-c2ccc3c(c2)C(c2cncc(C(=O)N(C)C)c2)C(=O)C3(C)C)cn1. The molecule has 0 N–H and O–H groups in total. The number of fused-ring (bicyclic) bond motifs is 1. The molecule has 30 heavy (non-hydrogen) atoms. The van der Waals surface area contributed by atoms with E-state index in [1.807, 2.05) is 39.0 Å². The van der Waals surface area contributed by atoms with E-state index in [-0.39, 0.29) is 11.7 Å². The summed E-state index contributed by atoms with van der Waals surface area (Å²) in [6.07, 6.45) is 6.80. The van der Waals surface area contributed by atoms with Crippen molar-refractivity contribution in [1.29, 1.82) is 0 Å². The van der Waals surface area contributed by atoms with Crippen LogP contribution in [0.2, 0.25) is 0 Å². The maximum absolute atomic E-state index is 13.4. The number of pyridine rings is 1. The Morgan fingerprint density at radius 3 is 2.37 bits per heavy atom. The van der Waals surface area contributed by atoms with Crippen LogP contribution in [0.5, 0.6) is 0 Å². The minimum Gasteiger partial charge on any atom is -0.345 e. The average molecular weight is 400 g/mol. The Kier molecular flexibility index (Phi) is 4.73. The van der Waals surface area contributed by atoms with Crippen molar-refractivity contribution in [2.75, 3.05) is 14.1 Å². The van der Waals surface area contributed by atoms with Gasteiger partial charge in [-0.15, -0.1) is 0 Å². The molecular formula is C24H24N4O2. The molecule has 6 heteroatoms. The number of rotatable bonds is 3. The Labute approximate surface area is 176 Å². The number of hydrogen-bond acceptors (Lipinski definition) is 5. The van der Waals surface area contributed by atoms with Crippen LogP contribution in [0.15, 0.2) is 49.1 Å². The van der Waals surface area contributed by atoms with Crippen LogP contribution in [0, 0.1) is 6.92 Å². The number of hydrogen-bond donors (Lipinski definition) is 0. The monoisotopic (exact) mass is 400 g/mol. The first-order chi connectivity index (χ1) is 14.2. The van der Waals surface area contributed by atoms with Crippen LogP contribution in [-0.2, 0) is 10.2 Å². The van der Waals surface area contributed by atoms with E-state index in [2.05, 4.69) is 15.0 Å². The molecule has 0 saturated carbocycles. The third-order valence-corrected chi connectivity index (χ3v) is 5.77. The number of benzene rings is 1. The van der Waals surface area contributed by atoms with Gasteiger partial charge in [0, 0.05) is 49.9 Å². The van der Waals surface area contributed by atoms with Gasteiger partial charge in [0.1, 0.15) is 5.82 Å². The van der Waals surface area contributed by atoms with E-state index in [0.717, 1.165) is 27.8 Å². The normalized spacial score (nSPS) is 17.0. The predicted molar refractivity (Wildman–Crippen MR) is 114 cm³/mol. The largest absolute Gasteiger partial charge is 0.345 e. The van der Waals surface area contributed by atoms with Crippen LogP contribution in [-0.4, -0.2) is 45.6 Å². The predicted octanol–water partition coefficient (Wildman–Crippen LogP) is 3.54. The maximum atomic E-state index is 13.4. The molecule has 0 fully saturated rings. The Morgan fingerprint density at radius 2 is 1.70 bits per heavy atom. The zero-order valence-electron chi connectivity index (χ0n) is 17.8. The Bertz CT molecular complexity index is 1150. The van der Waals surface area contributed by atoms with Gasteiger partial charge in [-0.3, -0.25) is 14.6 Å². The van der Waals surface area contributed by atoms with E-state index < -0.39 is 11.3 Å². The molecule has 1 aliphatic rings. The molecule has 1 unspecified atom stereocenters. The van der Waals surface area contributed by atoms with Gasteiger partial charge in [-0.1, -0.05) is 12.1 Å². The van der Waals surface area contributed by atoms with E-state index >= 15 is 0 Å². The van der Waals surface area contributed by atoms with Gasteiger partial charge in [0.05, 0.1) is 11.5 Å². The molecule has 152 valence electrons. The number of carbonyl (C=O) groups excluding carboxylic acids is 2. The van der Waals surface area contributed by atoms with Crippen molar-refractivity contribution in [3.05, 3.63) is 77.1 Å². The number of aromatic nitrogens is 3. The standard InChI is InChI=1S/C24H24N4O2/c1-14-26-12-18(13-27-14)15-6-7-20-19(9-15)21(22(29)24(20,2)3)16-8-17(11-25-10-16)23(30)28(4)5/h6-13,21H,1-5H3. The van der Waals surface area contributed by atoms with Crippen molar-refractivity contribution >= 4 is 11.7 Å². The second kappa shape index (κ2) is 7.13. The number of amides is 1. The summed E-state index contributed by atoms with van der Waals surface area (Å²) in [7, 11) is 3.40. The molecule has 1 atom stereocenters. The van der Waals surface area contributed by atoms with Crippen molar-refractivity contribution in [3.8, 4) is 11.1 Å². The summed E-state index contributed by atoms with van der Waals surface area (Å²) < 4.78 is 0. The van der Waals surface area contributed by atoms with Crippen molar-refractivity contribution < 1.29 is 9.59 Å². The summed E-state index contributed by atoms with van der Waals surface area (Å²) in [5.74, 6) is 0.206. The van der Waals surface area contributed by atoms with Crippen LogP contribution in [0.25, 0.3) is 11.1 Å². The highest BCUT2D eigenvalue weighted by Gasteiger charge is 2.46. The summed E-state index contributed by atoms with van der Waals surface area (Å²) in [4.78, 5) is 40.2. The van der Waals surface area contributed by atoms with Gasteiger partial charge in [-0.25, -0.2) is 9.97 Å². The number of Topliss-reactive ketones (excluding diaryl/α,β-unsaturated/α-hetero) is 1. The lowest BCUT2D eigenvalue weighted by atomic mass is 9.83. The van der Waals surface area contributed by atoms with Gasteiger partial charge < -0.3 is 4.90 Å². The highest BCUT2D eigenvalue weighted by Crippen LogP contribution is 2.47. The smallest absolute Gasteiger partial charge is 0.254 e. The van der Waals surface area contributed by atoms with E-state index in [1.54, 1.807) is 38.8 Å². The van der Waals surface area contributed by atoms with Gasteiger partial charge >= 0.3 is 0 Å². The van der Waals surface area contributed by atoms with Gasteiger partial charge in [-0.05, 0) is 55.2 Å². The van der Waals surface area contributed by atoms with Crippen LogP contribution in [0.4, 0.5) is 0 Å². The van der Waals surface area contributed by atoms with Crippen molar-refractivity contribution in [3.63, 3.8) is 0 Å². The fourth-order valence-corrected chi connectivity index (χ4v) is 4.05. The van der Waals surface area contributed by atoms with E-state index in [0.29, 0.717) is 11.4 Å². The van der Waals surface area contributed by atoms with Crippen molar-refractivity contribution in [1.82, 2.24) is 19.9 Å².